The number of hydrogen-bond donors (Lipinski definition) is 1. The van der Waals surface area contributed by atoms with Crippen molar-refractivity contribution in [3.63, 3.8) is 0 Å². The molecule has 3 heteroatoms. The van der Waals surface area contributed by atoms with Gasteiger partial charge in [0.15, 0.2) is 0 Å². The molecule has 1 aromatic carbocycles. The predicted octanol–water partition coefficient (Wildman–Crippen LogP) is 4.51. The standard InChI is InChI=1S/C15H19ClN2/c1-10-12(7-6-11(9-17)14(10)16)18-13-5-4-8-15(13,2)3/h6-7,13,18H,4-5,8H2,1-3H3/t13-/m1/s1. The molecule has 1 atom stereocenters. The molecule has 0 heterocycles. The van der Waals surface area contributed by atoms with Gasteiger partial charge in [-0.25, -0.2) is 0 Å². The second-order valence-corrected chi connectivity index (χ2v) is 6.17. The van der Waals surface area contributed by atoms with Crippen LogP contribution in [0, 0.1) is 23.7 Å². The van der Waals surface area contributed by atoms with Crippen molar-refractivity contribution in [3.8, 4) is 6.07 Å². The summed E-state index contributed by atoms with van der Waals surface area (Å²) < 4.78 is 0. The van der Waals surface area contributed by atoms with E-state index in [9.17, 15) is 0 Å². The zero-order chi connectivity index (χ0) is 13.3. The van der Waals surface area contributed by atoms with Gasteiger partial charge in [-0.05, 0) is 42.9 Å². The topological polar surface area (TPSA) is 35.8 Å². The summed E-state index contributed by atoms with van der Waals surface area (Å²) in [5, 5.41) is 13.1. The quantitative estimate of drug-likeness (QED) is 0.851. The van der Waals surface area contributed by atoms with Crippen LogP contribution < -0.4 is 5.32 Å². The lowest BCUT2D eigenvalue weighted by Gasteiger charge is -2.29. The van der Waals surface area contributed by atoms with Crippen LogP contribution in [0.1, 0.15) is 44.2 Å². The third kappa shape index (κ3) is 2.33. The summed E-state index contributed by atoms with van der Waals surface area (Å²) in [6.45, 7) is 6.57. The summed E-state index contributed by atoms with van der Waals surface area (Å²) in [6, 6.07) is 6.36. The maximum Gasteiger partial charge on any atom is 0.101 e. The van der Waals surface area contributed by atoms with E-state index in [1.165, 1.54) is 19.3 Å². The van der Waals surface area contributed by atoms with Crippen molar-refractivity contribution >= 4 is 17.3 Å². The molecule has 18 heavy (non-hydrogen) atoms. The van der Waals surface area contributed by atoms with Gasteiger partial charge in [-0.15, -0.1) is 0 Å². The van der Waals surface area contributed by atoms with Gasteiger partial charge in [-0.3, -0.25) is 0 Å². The van der Waals surface area contributed by atoms with Crippen LogP contribution in [0.15, 0.2) is 12.1 Å². The van der Waals surface area contributed by atoms with Crippen molar-refractivity contribution in [1.82, 2.24) is 0 Å². The Morgan fingerprint density at radius 1 is 1.44 bits per heavy atom. The zero-order valence-corrected chi connectivity index (χ0v) is 11.9. The highest BCUT2D eigenvalue weighted by atomic mass is 35.5. The normalized spacial score (nSPS) is 21.6. The predicted molar refractivity (Wildman–Crippen MR) is 75.9 cm³/mol. The lowest BCUT2D eigenvalue weighted by molar-refractivity contribution is 0.350. The van der Waals surface area contributed by atoms with E-state index in [-0.39, 0.29) is 0 Å². The molecule has 0 aliphatic heterocycles. The number of hydrogen-bond acceptors (Lipinski definition) is 2. The van der Waals surface area contributed by atoms with E-state index in [1.807, 2.05) is 13.0 Å². The lowest BCUT2D eigenvalue weighted by Crippen LogP contribution is -2.31. The molecule has 0 saturated heterocycles. The Morgan fingerprint density at radius 3 is 2.72 bits per heavy atom. The van der Waals surface area contributed by atoms with Gasteiger partial charge >= 0.3 is 0 Å². The SMILES string of the molecule is Cc1c(N[C@@H]2CCCC2(C)C)ccc(C#N)c1Cl. The molecule has 0 amide bonds. The first-order chi connectivity index (χ1) is 8.45. The van der Waals surface area contributed by atoms with Crippen LogP contribution in [0.25, 0.3) is 0 Å². The van der Waals surface area contributed by atoms with Gasteiger partial charge in [0.1, 0.15) is 6.07 Å². The van der Waals surface area contributed by atoms with E-state index in [1.54, 1.807) is 6.07 Å². The maximum absolute atomic E-state index is 8.95. The second kappa shape index (κ2) is 4.82. The molecule has 2 rings (SSSR count). The van der Waals surface area contributed by atoms with E-state index in [4.69, 9.17) is 16.9 Å². The fraction of sp³-hybridized carbons (Fsp3) is 0.533. The van der Waals surface area contributed by atoms with Crippen molar-refractivity contribution < 1.29 is 0 Å². The highest BCUT2D eigenvalue weighted by Crippen LogP contribution is 2.40. The number of nitrogens with zero attached hydrogens (tertiary/aromatic N) is 1. The summed E-state index contributed by atoms with van der Waals surface area (Å²) >= 11 is 6.19. The minimum atomic E-state index is 0.326. The highest BCUT2D eigenvalue weighted by molar-refractivity contribution is 6.32. The van der Waals surface area contributed by atoms with Crippen molar-refractivity contribution in [1.29, 1.82) is 5.26 Å². The first kappa shape index (κ1) is 13.2. The Bertz CT molecular complexity index is 500. The second-order valence-electron chi connectivity index (χ2n) is 5.79. The molecule has 0 spiro atoms. The molecule has 0 aromatic heterocycles. The fourth-order valence-corrected chi connectivity index (χ4v) is 2.92. The molecule has 1 aliphatic carbocycles. The number of halogens is 1. The van der Waals surface area contributed by atoms with Crippen LogP contribution >= 0.6 is 11.6 Å². The molecular weight excluding hydrogens is 244 g/mol. The Labute approximate surface area is 114 Å². The van der Waals surface area contributed by atoms with E-state index in [2.05, 4.69) is 25.2 Å². The van der Waals surface area contributed by atoms with E-state index in [0.717, 1.165) is 11.3 Å². The van der Waals surface area contributed by atoms with E-state index >= 15 is 0 Å². The molecule has 0 radical (unpaired) electrons. The van der Waals surface area contributed by atoms with Crippen molar-refractivity contribution in [3.05, 3.63) is 28.3 Å². The van der Waals surface area contributed by atoms with Crippen LogP contribution in [-0.2, 0) is 0 Å². The summed E-state index contributed by atoms with van der Waals surface area (Å²) in [5.41, 5.74) is 2.90. The highest BCUT2D eigenvalue weighted by Gasteiger charge is 2.34. The molecule has 96 valence electrons. The van der Waals surface area contributed by atoms with Gasteiger partial charge in [0, 0.05) is 11.7 Å². The molecular formula is C15H19ClN2. The Morgan fingerprint density at radius 2 is 2.17 bits per heavy atom. The third-order valence-electron chi connectivity index (χ3n) is 4.09. The molecule has 0 bridgehead atoms. The van der Waals surface area contributed by atoms with Gasteiger partial charge in [0.25, 0.3) is 0 Å². The molecule has 1 fully saturated rings. The number of nitriles is 1. The number of nitrogens with one attached hydrogen (secondary N) is 1. The van der Waals surface area contributed by atoms with Crippen molar-refractivity contribution in [2.45, 2.75) is 46.1 Å². The molecule has 1 aromatic rings. The Kier molecular flexibility index (Phi) is 3.54. The van der Waals surface area contributed by atoms with E-state index in [0.29, 0.717) is 22.0 Å². The first-order valence-corrected chi connectivity index (χ1v) is 6.79. The van der Waals surface area contributed by atoms with Crippen LogP contribution in [0.3, 0.4) is 0 Å². The number of rotatable bonds is 2. The van der Waals surface area contributed by atoms with E-state index < -0.39 is 0 Å². The third-order valence-corrected chi connectivity index (χ3v) is 4.58. The zero-order valence-electron chi connectivity index (χ0n) is 11.2. The molecule has 2 nitrogen and oxygen atoms in total. The maximum atomic E-state index is 8.95. The lowest BCUT2D eigenvalue weighted by atomic mass is 9.87. The fourth-order valence-electron chi connectivity index (χ4n) is 2.71. The largest absolute Gasteiger partial charge is 0.382 e. The van der Waals surface area contributed by atoms with Crippen LogP contribution in [-0.4, -0.2) is 6.04 Å². The molecule has 1 aliphatic rings. The van der Waals surface area contributed by atoms with Gasteiger partial charge in [0.05, 0.1) is 10.6 Å². The Hall–Kier alpha value is -1.20. The summed E-state index contributed by atoms with van der Waals surface area (Å²) in [5.74, 6) is 0. The van der Waals surface area contributed by atoms with Gasteiger partial charge in [-0.2, -0.15) is 5.26 Å². The monoisotopic (exact) mass is 262 g/mol. The molecule has 1 N–H and O–H groups in total. The minimum absolute atomic E-state index is 0.326. The minimum Gasteiger partial charge on any atom is -0.382 e. The Balaban J connectivity index is 2.26. The summed E-state index contributed by atoms with van der Waals surface area (Å²) in [7, 11) is 0. The van der Waals surface area contributed by atoms with Crippen LogP contribution in [0.4, 0.5) is 5.69 Å². The van der Waals surface area contributed by atoms with Crippen molar-refractivity contribution in [2.75, 3.05) is 5.32 Å². The molecule has 0 unspecified atom stereocenters. The smallest absolute Gasteiger partial charge is 0.101 e. The average molecular weight is 263 g/mol. The summed E-state index contributed by atoms with van der Waals surface area (Å²) in [4.78, 5) is 0. The molecule has 1 saturated carbocycles. The van der Waals surface area contributed by atoms with Crippen LogP contribution in [0.5, 0.6) is 0 Å². The van der Waals surface area contributed by atoms with Crippen molar-refractivity contribution in [2.24, 2.45) is 5.41 Å². The van der Waals surface area contributed by atoms with Crippen LogP contribution in [0.2, 0.25) is 5.02 Å². The number of anilines is 1. The average Bonchev–Trinajstić information content (AvgIpc) is 2.65. The van der Waals surface area contributed by atoms with Gasteiger partial charge < -0.3 is 5.32 Å². The van der Waals surface area contributed by atoms with Gasteiger partial charge in [0.2, 0.25) is 0 Å². The number of benzene rings is 1. The first-order valence-electron chi connectivity index (χ1n) is 6.41. The summed E-state index contributed by atoms with van der Waals surface area (Å²) in [6.07, 6.45) is 3.73. The van der Waals surface area contributed by atoms with Gasteiger partial charge in [-0.1, -0.05) is 31.9 Å².